The first kappa shape index (κ1) is 25.2. The van der Waals surface area contributed by atoms with Gasteiger partial charge in [-0.05, 0) is 54.7 Å². The van der Waals surface area contributed by atoms with Crippen LogP contribution in [0.1, 0.15) is 57.7 Å². The topological polar surface area (TPSA) is 143 Å². The first-order chi connectivity index (χ1) is 18.3. The normalized spacial score (nSPS) is 19.7. The molecule has 1 fully saturated rings. The summed E-state index contributed by atoms with van der Waals surface area (Å²) in [6.07, 6.45) is 5.72. The van der Waals surface area contributed by atoms with Crippen LogP contribution in [0, 0.1) is 16.0 Å². The molecule has 10 heteroatoms. The van der Waals surface area contributed by atoms with Crippen molar-refractivity contribution in [2.24, 2.45) is 5.92 Å². The molecule has 10 nitrogen and oxygen atoms in total. The van der Waals surface area contributed by atoms with Crippen molar-refractivity contribution in [3.8, 4) is 5.75 Å². The Kier molecular flexibility index (Phi) is 6.95. The van der Waals surface area contributed by atoms with Crippen LogP contribution in [0.15, 0.2) is 65.3 Å². The average molecular weight is 518 g/mol. The Morgan fingerprint density at radius 1 is 1.08 bits per heavy atom. The molecule has 1 saturated carbocycles. The molecule has 1 aliphatic carbocycles. The van der Waals surface area contributed by atoms with Gasteiger partial charge in [0.2, 0.25) is 5.91 Å². The highest BCUT2D eigenvalue weighted by molar-refractivity contribution is 6.22. The minimum Gasteiger partial charge on any atom is -0.502 e. The Morgan fingerprint density at radius 3 is 2.45 bits per heavy atom. The van der Waals surface area contributed by atoms with Crippen LogP contribution in [-0.4, -0.2) is 44.7 Å². The molecule has 1 aromatic heterocycles. The lowest BCUT2D eigenvalue weighted by Crippen LogP contribution is -2.54. The number of carbonyl (C=O) groups excluding carboxylic acids is 3. The van der Waals surface area contributed by atoms with Gasteiger partial charge in [0, 0.05) is 24.9 Å². The fraction of sp³-hybridized carbons (Fsp3) is 0.321. The fourth-order valence-corrected chi connectivity index (χ4v) is 5.47. The minimum atomic E-state index is -1.24. The second kappa shape index (κ2) is 10.5. The van der Waals surface area contributed by atoms with Gasteiger partial charge >= 0.3 is 5.69 Å². The van der Waals surface area contributed by atoms with Gasteiger partial charge in [-0.1, -0.05) is 31.0 Å². The van der Waals surface area contributed by atoms with E-state index in [9.17, 15) is 29.6 Å². The Labute approximate surface area is 218 Å². The van der Waals surface area contributed by atoms with Crippen LogP contribution in [-0.2, 0) is 17.6 Å². The molecule has 0 unspecified atom stereocenters. The Balaban J connectivity index is 1.45. The Bertz CT molecular complexity index is 1350. The Morgan fingerprint density at radius 2 is 1.79 bits per heavy atom. The van der Waals surface area contributed by atoms with Gasteiger partial charge in [0.15, 0.2) is 5.75 Å². The number of hydrogen-bond acceptors (Lipinski definition) is 7. The number of aromatic hydroxyl groups is 1. The van der Waals surface area contributed by atoms with Crippen LogP contribution in [0.5, 0.6) is 5.75 Å². The molecule has 2 N–H and O–H groups in total. The number of imide groups is 1. The predicted octanol–water partition coefficient (Wildman–Crippen LogP) is 4.02. The summed E-state index contributed by atoms with van der Waals surface area (Å²) in [6.45, 7) is 0. The standard InChI is InChI=1S/C28H27N3O7/c32-25-12-11-17(14-23(25)31(36)37)15-24(30-27(34)20-8-2-3-9-21(20)28(30)35)26(33)29-22-10-4-1-6-18(22)16-19-7-5-13-38-19/h2-3,5,7-9,11-14,18,22,24,32H,1,4,6,10,15-16H2,(H,29,33)/t18-,22+,24-/m0/s1. The van der Waals surface area contributed by atoms with Gasteiger partial charge in [-0.25, -0.2) is 0 Å². The summed E-state index contributed by atoms with van der Waals surface area (Å²) in [5, 5.41) is 24.3. The summed E-state index contributed by atoms with van der Waals surface area (Å²) in [4.78, 5) is 52.0. The highest BCUT2D eigenvalue weighted by Gasteiger charge is 2.43. The number of nitro groups is 1. The largest absolute Gasteiger partial charge is 0.502 e. The number of nitro benzene ring substituents is 1. The first-order valence-electron chi connectivity index (χ1n) is 12.6. The van der Waals surface area contributed by atoms with Gasteiger partial charge in [-0.2, -0.15) is 0 Å². The highest BCUT2D eigenvalue weighted by atomic mass is 16.6. The third kappa shape index (κ3) is 4.89. The van der Waals surface area contributed by atoms with Crippen LogP contribution < -0.4 is 5.32 Å². The lowest BCUT2D eigenvalue weighted by atomic mass is 9.81. The quantitative estimate of drug-likeness (QED) is 0.261. The summed E-state index contributed by atoms with van der Waals surface area (Å²) in [7, 11) is 0. The van der Waals surface area contributed by atoms with E-state index in [2.05, 4.69) is 5.32 Å². The maximum atomic E-state index is 13.8. The molecule has 2 aromatic carbocycles. The van der Waals surface area contributed by atoms with Crippen LogP contribution in [0.2, 0.25) is 0 Å². The highest BCUT2D eigenvalue weighted by Crippen LogP contribution is 2.31. The van der Waals surface area contributed by atoms with E-state index >= 15 is 0 Å². The van der Waals surface area contributed by atoms with E-state index in [1.807, 2.05) is 12.1 Å². The summed E-state index contributed by atoms with van der Waals surface area (Å²) in [6, 6.07) is 12.4. The van der Waals surface area contributed by atoms with E-state index < -0.39 is 40.1 Å². The molecule has 3 atom stereocenters. The van der Waals surface area contributed by atoms with Crippen molar-refractivity contribution in [1.29, 1.82) is 0 Å². The van der Waals surface area contributed by atoms with E-state index in [4.69, 9.17) is 4.42 Å². The van der Waals surface area contributed by atoms with Gasteiger partial charge in [-0.3, -0.25) is 29.4 Å². The van der Waals surface area contributed by atoms with E-state index in [0.717, 1.165) is 42.4 Å². The number of phenolic OH excluding ortho intramolecular Hbond substituents is 1. The zero-order valence-corrected chi connectivity index (χ0v) is 20.5. The van der Waals surface area contributed by atoms with Crippen molar-refractivity contribution >= 4 is 23.4 Å². The molecule has 0 bridgehead atoms. The van der Waals surface area contributed by atoms with Gasteiger partial charge in [0.1, 0.15) is 11.8 Å². The van der Waals surface area contributed by atoms with E-state index in [1.54, 1.807) is 18.4 Å². The SMILES string of the molecule is O=C(N[C@@H]1CCCC[C@H]1Cc1ccco1)[C@H](Cc1ccc(O)c([N+](=O)[O-])c1)N1C(=O)c2ccccc2C1=O. The average Bonchev–Trinajstić information content (AvgIpc) is 3.51. The van der Waals surface area contributed by atoms with Crippen molar-refractivity contribution in [3.63, 3.8) is 0 Å². The van der Waals surface area contributed by atoms with Crippen molar-refractivity contribution in [3.05, 3.63) is 93.4 Å². The predicted molar refractivity (Wildman–Crippen MR) is 135 cm³/mol. The number of hydrogen-bond donors (Lipinski definition) is 2. The van der Waals surface area contributed by atoms with Crippen molar-refractivity contribution in [1.82, 2.24) is 10.2 Å². The molecule has 2 heterocycles. The summed E-state index contributed by atoms with van der Waals surface area (Å²) < 4.78 is 5.52. The molecule has 3 aromatic rings. The molecule has 1 aliphatic heterocycles. The lowest BCUT2D eigenvalue weighted by Gasteiger charge is -2.34. The van der Waals surface area contributed by atoms with Crippen molar-refractivity contribution < 1.29 is 28.8 Å². The molecular formula is C28H27N3O7. The number of nitrogens with zero attached hydrogens (tertiary/aromatic N) is 2. The number of benzene rings is 2. The number of amides is 3. The summed E-state index contributed by atoms with van der Waals surface area (Å²) in [5.74, 6) is -1.25. The molecule has 0 spiro atoms. The van der Waals surface area contributed by atoms with Crippen molar-refractivity contribution in [2.45, 2.75) is 50.6 Å². The zero-order chi connectivity index (χ0) is 26.8. The molecule has 196 valence electrons. The smallest absolute Gasteiger partial charge is 0.310 e. The molecule has 0 saturated heterocycles. The fourth-order valence-electron chi connectivity index (χ4n) is 5.47. The second-order valence-corrected chi connectivity index (χ2v) is 9.77. The van der Waals surface area contributed by atoms with Crippen molar-refractivity contribution in [2.75, 3.05) is 0 Å². The third-order valence-corrected chi connectivity index (χ3v) is 7.39. The van der Waals surface area contributed by atoms with Crippen LogP contribution in [0.25, 0.3) is 0 Å². The summed E-state index contributed by atoms with van der Waals surface area (Å²) in [5.41, 5.74) is 0.234. The molecular weight excluding hydrogens is 490 g/mol. The molecule has 3 amide bonds. The number of furan rings is 1. The van der Waals surface area contributed by atoms with E-state index in [0.29, 0.717) is 12.0 Å². The van der Waals surface area contributed by atoms with Crippen LogP contribution >= 0.6 is 0 Å². The van der Waals surface area contributed by atoms with Gasteiger partial charge in [-0.15, -0.1) is 0 Å². The first-order valence-corrected chi connectivity index (χ1v) is 12.6. The molecule has 5 rings (SSSR count). The van der Waals surface area contributed by atoms with E-state index in [-0.39, 0.29) is 29.5 Å². The van der Waals surface area contributed by atoms with Crippen LogP contribution in [0.3, 0.4) is 0 Å². The van der Waals surface area contributed by atoms with Gasteiger partial charge < -0.3 is 14.8 Å². The van der Waals surface area contributed by atoms with Crippen LogP contribution in [0.4, 0.5) is 5.69 Å². The number of nitrogens with one attached hydrogen (secondary N) is 1. The Hall–Kier alpha value is -4.47. The second-order valence-electron chi connectivity index (χ2n) is 9.77. The summed E-state index contributed by atoms with van der Waals surface area (Å²) >= 11 is 0. The lowest BCUT2D eigenvalue weighted by molar-refractivity contribution is -0.385. The molecule has 38 heavy (non-hydrogen) atoms. The van der Waals surface area contributed by atoms with Gasteiger partial charge in [0.05, 0.1) is 22.3 Å². The number of carbonyl (C=O) groups is 3. The monoisotopic (exact) mass is 517 g/mol. The van der Waals surface area contributed by atoms with E-state index in [1.165, 1.54) is 24.3 Å². The molecule has 2 aliphatic rings. The number of rotatable bonds is 8. The number of phenols is 1. The number of fused-ring (bicyclic) bond motifs is 1. The minimum absolute atomic E-state index is 0.122. The van der Waals surface area contributed by atoms with Gasteiger partial charge in [0.25, 0.3) is 11.8 Å². The third-order valence-electron chi connectivity index (χ3n) is 7.39. The zero-order valence-electron chi connectivity index (χ0n) is 20.5. The maximum Gasteiger partial charge on any atom is 0.310 e. The maximum absolute atomic E-state index is 13.8. The molecule has 0 radical (unpaired) electrons.